The maximum absolute atomic E-state index is 10.4. The molecule has 1 saturated heterocycles. The Kier molecular flexibility index (Phi) is 4.64. The summed E-state index contributed by atoms with van der Waals surface area (Å²) in [6.45, 7) is 8.62. The highest BCUT2D eigenvalue weighted by atomic mass is 32.3. The fraction of sp³-hybridized carbons (Fsp3) is 0.714. The summed E-state index contributed by atoms with van der Waals surface area (Å²) >= 11 is 1.00. The van der Waals surface area contributed by atoms with Crippen molar-refractivity contribution in [1.29, 1.82) is 0 Å². The minimum absolute atomic E-state index is 0.0171. The van der Waals surface area contributed by atoms with E-state index in [1.165, 1.54) is 6.07 Å². The number of thiophene rings is 1. The molecule has 0 aromatic carbocycles. The second-order valence-corrected chi connectivity index (χ2v) is 10.2. The summed E-state index contributed by atoms with van der Waals surface area (Å²) in [5.74, 6) is 0. The van der Waals surface area contributed by atoms with Crippen molar-refractivity contribution in [3.8, 4) is 5.06 Å². The fourth-order valence-corrected chi connectivity index (χ4v) is 5.52. The fourth-order valence-electron chi connectivity index (χ4n) is 3.14. The first-order valence-corrected chi connectivity index (χ1v) is 9.49. The summed E-state index contributed by atoms with van der Waals surface area (Å²) in [6, 6.07) is 3.06. The van der Waals surface area contributed by atoms with E-state index in [1.54, 1.807) is 6.07 Å². The lowest BCUT2D eigenvalue weighted by Crippen LogP contribution is -2.51. The summed E-state index contributed by atoms with van der Waals surface area (Å²) in [7, 11) is -3.06. The zero-order valence-corrected chi connectivity index (χ0v) is 14.6. The molecule has 2 rings (SSSR count). The second-order valence-electron chi connectivity index (χ2n) is 7.09. The van der Waals surface area contributed by atoms with Crippen molar-refractivity contribution in [2.24, 2.45) is 0 Å². The van der Waals surface area contributed by atoms with Gasteiger partial charge in [0.1, 0.15) is 4.21 Å². The van der Waals surface area contributed by atoms with Crippen molar-refractivity contribution in [2.45, 2.75) is 68.3 Å². The Morgan fingerprint density at radius 3 is 2.48 bits per heavy atom. The third kappa shape index (κ3) is 4.58. The van der Waals surface area contributed by atoms with Crippen LogP contribution in [-0.4, -0.2) is 31.3 Å². The lowest BCUT2D eigenvalue weighted by Gasteiger charge is -2.38. The number of hydrogen-bond acceptors (Lipinski definition) is 6. The molecule has 0 saturated carbocycles. The molecular weight excluding hydrogens is 308 g/mol. The predicted molar refractivity (Wildman–Crippen MR) is 89.2 cm³/mol. The molecule has 0 bridgehead atoms. The Morgan fingerprint density at radius 2 is 1.90 bits per heavy atom. The molecule has 5 N–H and O–H groups in total. The van der Waals surface area contributed by atoms with E-state index in [0.29, 0.717) is 4.21 Å². The van der Waals surface area contributed by atoms with Crippen LogP contribution < -0.4 is 10.0 Å². The standard InChI is InChI=1S/C14H26N2O3S2/c1-13(2)8-7-10(9-14(3,4)16-13)15-21(18,19)12-6-5-11(17)20-12/h5-6,10,15-19H,7-9H2,1-4H3. The van der Waals surface area contributed by atoms with Gasteiger partial charge in [-0.25, -0.2) is 4.72 Å². The van der Waals surface area contributed by atoms with Gasteiger partial charge < -0.3 is 10.4 Å². The van der Waals surface area contributed by atoms with Crippen LogP contribution in [-0.2, 0) is 0 Å². The zero-order chi connectivity index (χ0) is 15.9. The SMILES string of the molecule is CC1(C)CCC(NS(O)(O)c2ccc(O)s2)CC(C)(C)N1. The molecule has 122 valence electrons. The monoisotopic (exact) mass is 334 g/mol. The van der Waals surface area contributed by atoms with Crippen molar-refractivity contribution in [3.05, 3.63) is 12.1 Å². The quantitative estimate of drug-likeness (QED) is 0.581. The van der Waals surface area contributed by atoms with E-state index in [1.807, 2.05) is 0 Å². The molecule has 7 heteroatoms. The first-order chi connectivity index (χ1) is 9.49. The van der Waals surface area contributed by atoms with E-state index in [-0.39, 0.29) is 22.2 Å². The Balaban J connectivity index is 2.11. The van der Waals surface area contributed by atoms with Gasteiger partial charge in [-0.1, -0.05) is 11.3 Å². The third-order valence-electron chi connectivity index (χ3n) is 3.73. The van der Waals surface area contributed by atoms with Crippen LogP contribution in [0, 0.1) is 0 Å². The number of nitrogens with one attached hydrogen (secondary N) is 2. The van der Waals surface area contributed by atoms with Gasteiger partial charge in [0.05, 0.1) is 0 Å². The van der Waals surface area contributed by atoms with Crippen LogP contribution in [0.25, 0.3) is 0 Å². The van der Waals surface area contributed by atoms with Crippen LogP contribution in [0.1, 0.15) is 47.0 Å². The summed E-state index contributed by atoms with van der Waals surface area (Å²) in [5.41, 5.74) is -0.0468. The molecule has 1 atom stereocenters. The third-order valence-corrected chi connectivity index (χ3v) is 6.72. The minimum Gasteiger partial charge on any atom is -0.499 e. The molecule has 1 aliphatic heterocycles. The molecule has 0 radical (unpaired) electrons. The first-order valence-electron chi connectivity index (χ1n) is 7.13. The summed E-state index contributed by atoms with van der Waals surface area (Å²) < 4.78 is 24.1. The van der Waals surface area contributed by atoms with Crippen molar-refractivity contribution in [2.75, 3.05) is 0 Å². The number of aromatic hydroxyl groups is 1. The number of hydrogen-bond donors (Lipinski definition) is 5. The van der Waals surface area contributed by atoms with Crippen LogP contribution in [0.2, 0.25) is 0 Å². The van der Waals surface area contributed by atoms with Crippen LogP contribution >= 0.6 is 22.1 Å². The zero-order valence-electron chi connectivity index (χ0n) is 13.0. The largest absolute Gasteiger partial charge is 0.499 e. The molecule has 1 aromatic heterocycles. The molecular formula is C14H26N2O3S2. The lowest BCUT2D eigenvalue weighted by molar-refractivity contribution is 0.266. The van der Waals surface area contributed by atoms with E-state index < -0.39 is 10.8 Å². The Bertz CT molecular complexity index is 500. The van der Waals surface area contributed by atoms with Gasteiger partial charge >= 0.3 is 0 Å². The van der Waals surface area contributed by atoms with Crippen molar-refractivity contribution in [1.82, 2.24) is 10.0 Å². The average Bonchev–Trinajstić information content (AvgIpc) is 2.67. The predicted octanol–water partition coefficient (Wildman–Crippen LogP) is 3.77. The van der Waals surface area contributed by atoms with Crippen LogP contribution in [0.4, 0.5) is 0 Å². The average molecular weight is 335 g/mol. The Hall–Kier alpha value is -0.310. The number of rotatable bonds is 3. The summed E-state index contributed by atoms with van der Waals surface area (Å²) in [4.78, 5) is 0. The van der Waals surface area contributed by atoms with Gasteiger partial charge in [-0.3, -0.25) is 9.11 Å². The van der Waals surface area contributed by atoms with Crippen LogP contribution in [0.3, 0.4) is 0 Å². The molecule has 5 nitrogen and oxygen atoms in total. The molecule has 1 unspecified atom stereocenters. The van der Waals surface area contributed by atoms with Gasteiger partial charge in [-0.2, -0.15) is 0 Å². The highest BCUT2D eigenvalue weighted by Gasteiger charge is 2.36. The molecule has 1 aliphatic rings. The first kappa shape index (κ1) is 17.1. The molecule has 0 spiro atoms. The van der Waals surface area contributed by atoms with Crippen LogP contribution in [0.5, 0.6) is 5.06 Å². The lowest BCUT2D eigenvalue weighted by atomic mass is 9.95. The molecule has 0 aliphatic carbocycles. The topological polar surface area (TPSA) is 84.8 Å². The molecule has 2 heterocycles. The van der Waals surface area contributed by atoms with Crippen molar-refractivity contribution >= 4 is 22.1 Å². The highest BCUT2D eigenvalue weighted by Crippen LogP contribution is 2.50. The van der Waals surface area contributed by atoms with Crippen LogP contribution in [0.15, 0.2) is 16.3 Å². The van der Waals surface area contributed by atoms with E-state index in [0.717, 1.165) is 30.6 Å². The minimum atomic E-state index is -3.06. The highest BCUT2D eigenvalue weighted by molar-refractivity contribution is 8.24. The van der Waals surface area contributed by atoms with Gasteiger partial charge in [-0.15, -0.1) is 10.8 Å². The van der Waals surface area contributed by atoms with Gasteiger partial charge in [0.15, 0.2) is 5.06 Å². The van der Waals surface area contributed by atoms with E-state index >= 15 is 0 Å². The Labute approximate surface area is 132 Å². The summed E-state index contributed by atoms with van der Waals surface area (Å²) in [6.07, 6.45) is 2.64. The maximum atomic E-state index is 10.4. The van der Waals surface area contributed by atoms with E-state index in [2.05, 4.69) is 37.7 Å². The van der Waals surface area contributed by atoms with E-state index in [9.17, 15) is 14.2 Å². The maximum Gasteiger partial charge on any atom is 0.172 e. The normalized spacial score (nSPS) is 26.3. The van der Waals surface area contributed by atoms with Crippen molar-refractivity contribution < 1.29 is 14.2 Å². The Morgan fingerprint density at radius 1 is 1.24 bits per heavy atom. The molecule has 1 aromatic rings. The van der Waals surface area contributed by atoms with Gasteiger partial charge in [0, 0.05) is 17.1 Å². The van der Waals surface area contributed by atoms with Gasteiger partial charge in [0.2, 0.25) is 0 Å². The second kappa shape index (κ2) is 5.72. The van der Waals surface area contributed by atoms with E-state index in [4.69, 9.17) is 0 Å². The molecule has 21 heavy (non-hydrogen) atoms. The smallest absolute Gasteiger partial charge is 0.172 e. The van der Waals surface area contributed by atoms with Crippen molar-refractivity contribution in [3.63, 3.8) is 0 Å². The van der Waals surface area contributed by atoms with Gasteiger partial charge in [0.25, 0.3) is 0 Å². The molecule has 1 fully saturated rings. The summed E-state index contributed by atoms with van der Waals surface area (Å²) in [5, 5.41) is 13.1. The van der Waals surface area contributed by atoms with Gasteiger partial charge in [-0.05, 0) is 59.1 Å². The molecule has 0 amide bonds.